The quantitative estimate of drug-likeness (QED) is 0.730. The van der Waals surface area contributed by atoms with Crippen LogP contribution in [-0.4, -0.2) is 18.2 Å². The van der Waals surface area contributed by atoms with Crippen LogP contribution < -0.4 is 15.8 Å². The monoisotopic (exact) mass is 354 g/mol. The molecular formula is C14H12BrFN2O3. The second kappa shape index (κ2) is 6.01. The van der Waals surface area contributed by atoms with Crippen molar-refractivity contribution in [1.29, 1.82) is 0 Å². The van der Waals surface area contributed by atoms with Crippen LogP contribution in [-0.2, 0) is 0 Å². The first-order chi connectivity index (χ1) is 9.92. The number of carbonyl (C=O) groups is 1. The van der Waals surface area contributed by atoms with Gasteiger partial charge in [0, 0.05) is 11.8 Å². The molecule has 110 valence electrons. The molecule has 0 saturated heterocycles. The number of nitrogens with one attached hydrogen (secondary N) is 1. The summed E-state index contributed by atoms with van der Waals surface area (Å²) in [6.07, 6.45) is 0. The maximum Gasteiger partial charge on any atom is 0.338 e. The van der Waals surface area contributed by atoms with Gasteiger partial charge in [-0.1, -0.05) is 0 Å². The molecule has 2 rings (SSSR count). The molecule has 0 saturated carbocycles. The Morgan fingerprint density at radius 3 is 2.67 bits per heavy atom. The van der Waals surface area contributed by atoms with Crippen LogP contribution in [0.5, 0.6) is 5.75 Å². The largest absolute Gasteiger partial charge is 0.496 e. The summed E-state index contributed by atoms with van der Waals surface area (Å²) in [6.45, 7) is 0. The summed E-state index contributed by atoms with van der Waals surface area (Å²) >= 11 is 3.34. The molecule has 0 heterocycles. The first-order valence-electron chi connectivity index (χ1n) is 5.85. The molecule has 0 aliphatic heterocycles. The van der Waals surface area contributed by atoms with E-state index >= 15 is 0 Å². The second-order valence-electron chi connectivity index (χ2n) is 4.20. The van der Waals surface area contributed by atoms with Crippen molar-refractivity contribution in [2.45, 2.75) is 0 Å². The van der Waals surface area contributed by atoms with Gasteiger partial charge in [-0.2, -0.15) is 0 Å². The normalized spacial score (nSPS) is 10.2. The van der Waals surface area contributed by atoms with Crippen LogP contribution in [0, 0.1) is 5.82 Å². The van der Waals surface area contributed by atoms with Gasteiger partial charge in [-0.15, -0.1) is 0 Å². The molecular weight excluding hydrogens is 343 g/mol. The van der Waals surface area contributed by atoms with E-state index in [1.807, 2.05) is 0 Å². The van der Waals surface area contributed by atoms with Crippen molar-refractivity contribution < 1.29 is 19.0 Å². The van der Waals surface area contributed by atoms with Gasteiger partial charge >= 0.3 is 5.97 Å². The molecule has 0 aliphatic carbocycles. The molecule has 2 aromatic carbocycles. The van der Waals surface area contributed by atoms with Gasteiger partial charge in [0.2, 0.25) is 0 Å². The molecule has 0 bridgehead atoms. The van der Waals surface area contributed by atoms with Crippen LogP contribution in [0.1, 0.15) is 10.4 Å². The fraction of sp³-hybridized carbons (Fsp3) is 0.0714. The third-order valence-corrected chi connectivity index (χ3v) is 3.42. The zero-order chi connectivity index (χ0) is 15.6. The third kappa shape index (κ3) is 3.25. The Bertz CT molecular complexity index is 707. The lowest BCUT2D eigenvalue weighted by Crippen LogP contribution is -2.05. The number of methoxy groups -OCH3 is 1. The molecule has 0 spiro atoms. The number of carboxylic acids is 1. The Morgan fingerprint density at radius 1 is 1.38 bits per heavy atom. The van der Waals surface area contributed by atoms with Crippen molar-refractivity contribution in [2.24, 2.45) is 0 Å². The van der Waals surface area contributed by atoms with Crippen LogP contribution in [0.15, 0.2) is 34.8 Å². The van der Waals surface area contributed by atoms with Crippen LogP contribution in [0.3, 0.4) is 0 Å². The molecule has 5 nitrogen and oxygen atoms in total. The number of carboxylic acid groups (broad SMARTS) is 1. The Balaban J connectivity index is 2.34. The molecule has 7 heteroatoms. The molecule has 0 aromatic heterocycles. The number of nitrogens with two attached hydrogens (primary N) is 1. The van der Waals surface area contributed by atoms with E-state index in [9.17, 15) is 9.18 Å². The Kier molecular flexibility index (Phi) is 4.32. The number of aromatic carboxylic acids is 1. The first-order valence-corrected chi connectivity index (χ1v) is 6.64. The average molecular weight is 355 g/mol. The summed E-state index contributed by atoms with van der Waals surface area (Å²) in [6, 6.07) is 7.33. The number of nitrogen functional groups attached to an aromatic ring is 1. The summed E-state index contributed by atoms with van der Waals surface area (Å²) in [5, 5.41) is 11.8. The van der Waals surface area contributed by atoms with Gasteiger partial charge in [-0.05, 0) is 40.2 Å². The smallest absolute Gasteiger partial charge is 0.338 e. The lowest BCUT2D eigenvalue weighted by molar-refractivity contribution is 0.0692. The highest BCUT2D eigenvalue weighted by Gasteiger charge is 2.14. The lowest BCUT2D eigenvalue weighted by Gasteiger charge is -2.12. The van der Waals surface area contributed by atoms with E-state index in [1.165, 1.54) is 0 Å². The summed E-state index contributed by atoms with van der Waals surface area (Å²) < 4.78 is 19.5. The molecule has 0 radical (unpaired) electrons. The second-order valence-corrected chi connectivity index (χ2v) is 5.05. The minimum atomic E-state index is -1.36. The topological polar surface area (TPSA) is 84.6 Å². The number of halogens is 2. The fourth-order valence-corrected chi connectivity index (χ4v) is 2.30. The van der Waals surface area contributed by atoms with Crippen LogP contribution in [0.25, 0.3) is 0 Å². The summed E-state index contributed by atoms with van der Waals surface area (Å²) in [4.78, 5) is 10.8. The van der Waals surface area contributed by atoms with Crippen molar-refractivity contribution in [3.63, 3.8) is 0 Å². The van der Waals surface area contributed by atoms with Crippen molar-refractivity contribution in [3.05, 3.63) is 46.2 Å². The van der Waals surface area contributed by atoms with Gasteiger partial charge in [0.15, 0.2) is 0 Å². The molecule has 2 aromatic rings. The molecule has 0 aliphatic rings. The van der Waals surface area contributed by atoms with E-state index < -0.39 is 17.3 Å². The number of anilines is 3. The minimum Gasteiger partial charge on any atom is -0.496 e. The van der Waals surface area contributed by atoms with Gasteiger partial charge in [-0.3, -0.25) is 0 Å². The fourth-order valence-electron chi connectivity index (χ4n) is 1.76. The third-order valence-electron chi connectivity index (χ3n) is 2.80. The number of hydrogen-bond donors (Lipinski definition) is 3. The Hall–Kier alpha value is -2.28. The highest BCUT2D eigenvalue weighted by atomic mass is 79.9. The molecule has 0 fully saturated rings. The first kappa shape index (κ1) is 15.1. The van der Waals surface area contributed by atoms with Crippen molar-refractivity contribution in [1.82, 2.24) is 0 Å². The van der Waals surface area contributed by atoms with Crippen molar-refractivity contribution >= 4 is 39.0 Å². The summed E-state index contributed by atoms with van der Waals surface area (Å²) in [5.41, 5.74) is 6.35. The maximum atomic E-state index is 13.7. The van der Waals surface area contributed by atoms with Crippen LogP contribution in [0.2, 0.25) is 0 Å². The SMILES string of the molecule is COc1ccc(Nc2cc(F)c(C(=O)O)cc2N)cc1Br. The molecule has 21 heavy (non-hydrogen) atoms. The Morgan fingerprint density at radius 2 is 2.10 bits per heavy atom. The van der Waals surface area contributed by atoms with E-state index in [0.29, 0.717) is 11.4 Å². The van der Waals surface area contributed by atoms with Gasteiger partial charge in [0.25, 0.3) is 0 Å². The molecule has 0 amide bonds. The summed E-state index contributed by atoms with van der Waals surface area (Å²) in [7, 11) is 1.55. The highest BCUT2D eigenvalue weighted by molar-refractivity contribution is 9.10. The van der Waals surface area contributed by atoms with E-state index in [0.717, 1.165) is 16.6 Å². The molecule has 0 unspecified atom stereocenters. The van der Waals surface area contributed by atoms with E-state index in [4.69, 9.17) is 15.6 Å². The summed E-state index contributed by atoms with van der Waals surface area (Å²) in [5.74, 6) is -1.56. The predicted molar refractivity (Wildman–Crippen MR) is 81.7 cm³/mol. The minimum absolute atomic E-state index is 0.140. The number of ether oxygens (including phenoxy) is 1. The van der Waals surface area contributed by atoms with E-state index in [1.54, 1.807) is 25.3 Å². The predicted octanol–water partition coefficient (Wildman–Crippen LogP) is 3.62. The standard InChI is InChI=1S/C14H12BrFN2O3/c1-21-13-3-2-7(4-9(13)15)18-12-6-10(16)8(14(19)20)5-11(12)17/h2-6,18H,17H2,1H3,(H,19,20). The van der Waals surface area contributed by atoms with Crippen LogP contribution >= 0.6 is 15.9 Å². The average Bonchev–Trinajstić information content (AvgIpc) is 2.42. The van der Waals surface area contributed by atoms with Crippen molar-refractivity contribution in [2.75, 3.05) is 18.2 Å². The Labute approximate surface area is 128 Å². The van der Waals surface area contributed by atoms with Gasteiger partial charge in [0.05, 0.1) is 28.5 Å². The zero-order valence-electron chi connectivity index (χ0n) is 11.0. The molecule has 4 N–H and O–H groups in total. The molecule has 0 atom stereocenters. The maximum absolute atomic E-state index is 13.7. The van der Waals surface area contributed by atoms with Gasteiger partial charge < -0.3 is 20.9 Å². The van der Waals surface area contributed by atoms with E-state index in [2.05, 4.69) is 21.2 Å². The van der Waals surface area contributed by atoms with Crippen molar-refractivity contribution in [3.8, 4) is 5.75 Å². The van der Waals surface area contributed by atoms with Crippen LogP contribution in [0.4, 0.5) is 21.5 Å². The zero-order valence-corrected chi connectivity index (χ0v) is 12.6. The number of hydrogen-bond acceptors (Lipinski definition) is 4. The number of benzene rings is 2. The lowest BCUT2D eigenvalue weighted by atomic mass is 10.1. The number of rotatable bonds is 4. The van der Waals surface area contributed by atoms with Gasteiger partial charge in [-0.25, -0.2) is 9.18 Å². The van der Waals surface area contributed by atoms with Gasteiger partial charge in [0.1, 0.15) is 11.6 Å². The van der Waals surface area contributed by atoms with E-state index in [-0.39, 0.29) is 11.4 Å². The highest BCUT2D eigenvalue weighted by Crippen LogP contribution is 2.31.